The number of nitrogens with one attached hydrogen (secondary N) is 3. The molecule has 220 valence electrons. The van der Waals surface area contributed by atoms with E-state index < -0.39 is 11.9 Å². The number of nitrogens with zero attached hydrogens (tertiary/aromatic N) is 3. The highest BCUT2D eigenvalue weighted by atomic mass is 35.5. The molecule has 1 saturated heterocycles. The van der Waals surface area contributed by atoms with Crippen LogP contribution in [0.5, 0.6) is 5.75 Å². The molecule has 42 heavy (non-hydrogen) atoms. The molecule has 0 unspecified atom stereocenters. The molecule has 2 aromatic heterocycles. The van der Waals surface area contributed by atoms with Gasteiger partial charge in [0.25, 0.3) is 5.91 Å². The number of amides is 2. The summed E-state index contributed by atoms with van der Waals surface area (Å²) in [5.74, 6) is 0.0908. The number of methoxy groups -OCH3 is 1. The van der Waals surface area contributed by atoms with Gasteiger partial charge in [0.2, 0.25) is 5.91 Å². The Kier molecular flexibility index (Phi) is 9.34. The summed E-state index contributed by atoms with van der Waals surface area (Å²) in [5, 5.41) is 14.4. The monoisotopic (exact) mass is 592 g/mol. The van der Waals surface area contributed by atoms with Gasteiger partial charge >= 0.3 is 0 Å². The first-order valence-electron chi connectivity index (χ1n) is 14.0. The fourth-order valence-electron chi connectivity index (χ4n) is 5.45. The topological polar surface area (TPSA) is 112 Å². The van der Waals surface area contributed by atoms with E-state index in [1.807, 2.05) is 36.1 Å². The summed E-state index contributed by atoms with van der Waals surface area (Å²) < 4.78 is 20.3. The molecule has 11 heteroatoms. The van der Waals surface area contributed by atoms with Gasteiger partial charge in [0, 0.05) is 65.5 Å². The second-order valence-corrected chi connectivity index (χ2v) is 10.8. The number of aromatic amines is 1. The molecule has 0 saturated carbocycles. The van der Waals surface area contributed by atoms with E-state index in [2.05, 4.69) is 25.8 Å². The smallest absolute Gasteiger partial charge is 0.251 e. The Bertz CT molecular complexity index is 1580. The molecule has 4 aromatic rings. The molecule has 2 amide bonds. The number of hydrogen-bond donors (Lipinski definition) is 3. The Morgan fingerprint density at radius 3 is 2.83 bits per heavy atom. The summed E-state index contributed by atoms with van der Waals surface area (Å²) in [6.45, 7) is 2.91. The van der Waals surface area contributed by atoms with Crippen molar-refractivity contribution in [3.8, 4) is 17.0 Å². The maximum Gasteiger partial charge on any atom is 0.251 e. The predicted molar refractivity (Wildman–Crippen MR) is 160 cm³/mol. The highest BCUT2D eigenvalue weighted by Gasteiger charge is 2.34. The predicted octanol–water partition coefficient (Wildman–Crippen LogP) is 4.59. The van der Waals surface area contributed by atoms with Crippen molar-refractivity contribution < 1.29 is 18.7 Å². The Labute approximate surface area is 248 Å². The Morgan fingerprint density at radius 2 is 2.05 bits per heavy atom. The number of hydrogen-bond acceptors (Lipinski definition) is 6. The van der Waals surface area contributed by atoms with Gasteiger partial charge in [-0.25, -0.2) is 4.39 Å². The molecule has 0 radical (unpaired) electrons. The number of carbonyl (C=O) groups is 2. The van der Waals surface area contributed by atoms with Gasteiger partial charge in [-0.1, -0.05) is 6.07 Å². The van der Waals surface area contributed by atoms with Crippen LogP contribution in [0.3, 0.4) is 0 Å². The summed E-state index contributed by atoms with van der Waals surface area (Å²) in [7, 11) is 1.49. The molecule has 3 N–H and O–H groups in total. The number of aryl methyl sites for hydroxylation is 1. The second kappa shape index (κ2) is 13.3. The first-order chi connectivity index (χ1) is 20.4. The van der Waals surface area contributed by atoms with E-state index in [0.717, 1.165) is 27.9 Å². The number of likely N-dealkylation sites (tertiary alicyclic amines) is 1. The Hall–Kier alpha value is -4.02. The van der Waals surface area contributed by atoms with Gasteiger partial charge in [-0.2, -0.15) is 5.10 Å². The molecular weight excluding hydrogens is 559 g/mol. The van der Waals surface area contributed by atoms with E-state index in [0.29, 0.717) is 55.1 Å². The van der Waals surface area contributed by atoms with Gasteiger partial charge in [0.1, 0.15) is 17.3 Å². The third-order valence-corrected chi connectivity index (χ3v) is 7.85. The number of aromatic nitrogens is 3. The van der Waals surface area contributed by atoms with Crippen LogP contribution in [-0.4, -0.2) is 70.1 Å². The van der Waals surface area contributed by atoms with E-state index in [9.17, 15) is 14.0 Å². The van der Waals surface area contributed by atoms with E-state index in [1.165, 1.54) is 13.2 Å². The minimum absolute atomic E-state index is 0.135. The number of fused-ring (bicyclic) bond motifs is 1. The number of piperidine rings is 1. The van der Waals surface area contributed by atoms with Crippen LogP contribution in [0.1, 0.15) is 40.9 Å². The van der Waals surface area contributed by atoms with E-state index in [-0.39, 0.29) is 24.4 Å². The third-order valence-electron chi connectivity index (χ3n) is 7.58. The summed E-state index contributed by atoms with van der Waals surface area (Å²) in [6, 6.07) is 13.2. The van der Waals surface area contributed by atoms with Crippen molar-refractivity contribution in [2.45, 2.75) is 44.8 Å². The fourth-order valence-corrected chi connectivity index (χ4v) is 5.59. The number of carbonyl (C=O) groups excluding carboxylic acids is 2. The Balaban J connectivity index is 1.35. The molecule has 2 atom stereocenters. The molecule has 0 aliphatic carbocycles. The molecule has 3 heterocycles. The van der Waals surface area contributed by atoms with Crippen molar-refractivity contribution in [3.63, 3.8) is 0 Å². The van der Waals surface area contributed by atoms with Crippen LogP contribution < -0.4 is 15.4 Å². The van der Waals surface area contributed by atoms with Gasteiger partial charge in [-0.15, -0.1) is 11.6 Å². The molecule has 0 spiro atoms. The summed E-state index contributed by atoms with van der Waals surface area (Å²) in [6.07, 6.45) is 3.49. The third kappa shape index (κ3) is 6.55. The minimum atomic E-state index is -0.480. The molecular formula is C31H34ClFN6O3. The summed E-state index contributed by atoms with van der Waals surface area (Å²) >= 11 is 5.78. The van der Waals surface area contributed by atoms with Crippen molar-refractivity contribution in [1.82, 2.24) is 30.7 Å². The maximum absolute atomic E-state index is 14.9. The van der Waals surface area contributed by atoms with E-state index >= 15 is 0 Å². The lowest BCUT2D eigenvalue weighted by molar-refractivity contribution is -0.128. The molecule has 1 fully saturated rings. The van der Waals surface area contributed by atoms with Crippen molar-refractivity contribution in [2.75, 3.05) is 26.1 Å². The lowest BCUT2D eigenvalue weighted by atomic mass is 9.96. The number of benzene rings is 2. The van der Waals surface area contributed by atoms with Gasteiger partial charge in [0.05, 0.1) is 18.7 Å². The molecule has 2 aromatic carbocycles. The summed E-state index contributed by atoms with van der Waals surface area (Å²) in [4.78, 5) is 32.7. The number of ether oxygens (including phenoxy) is 1. The average molecular weight is 593 g/mol. The first kappa shape index (κ1) is 29.5. The largest absolute Gasteiger partial charge is 0.496 e. The van der Waals surface area contributed by atoms with Gasteiger partial charge in [0.15, 0.2) is 0 Å². The average Bonchev–Trinajstić information content (AvgIpc) is 3.42. The lowest BCUT2D eigenvalue weighted by Gasteiger charge is -2.39. The highest BCUT2D eigenvalue weighted by molar-refractivity contribution is 6.17. The van der Waals surface area contributed by atoms with Crippen molar-refractivity contribution in [1.29, 1.82) is 0 Å². The van der Waals surface area contributed by atoms with Gasteiger partial charge in [-0.3, -0.25) is 24.6 Å². The zero-order chi connectivity index (χ0) is 29.6. The van der Waals surface area contributed by atoms with Crippen LogP contribution in [0.4, 0.5) is 4.39 Å². The number of rotatable bonds is 10. The van der Waals surface area contributed by atoms with Gasteiger partial charge < -0.3 is 15.4 Å². The van der Waals surface area contributed by atoms with Gasteiger partial charge in [-0.05, 0) is 68.7 Å². The highest BCUT2D eigenvalue weighted by Crippen LogP contribution is 2.29. The van der Waals surface area contributed by atoms with Crippen LogP contribution in [0.2, 0.25) is 0 Å². The molecule has 0 bridgehead atoms. The number of H-pyrrole nitrogens is 1. The standard InChI is InChI=1S/C31H34ClFN6O3/c1-19-15-20(11-14-34-19)29-23-16-21(7-9-26(23)37-38-29)30(40)36-22-8-10-27(31(41)35-13-4-12-32)39(17-22)18-24-25(33)5-3-6-28(24)42-2/h3,5-7,9,11,14-16,22,27H,4,8,10,12-13,17-18H2,1-2H3,(H,35,41)(H,36,40)(H,37,38)/t22-,27+/m1/s1. The van der Waals surface area contributed by atoms with Crippen LogP contribution in [0.15, 0.2) is 54.7 Å². The number of alkyl halides is 1. The van der Waals surface area contributed by atoms with Crippen molar-refractivity contribution in [2.24, 2.45) is 0 Å². The normalized spacial score (nSPS) is 17.2. The maximum atomic E-state index is 14.9. The first-order valence-corrected chi connectivity index (χ1v) is 14.5. The van der Waals surface area contributed by atoms with Crippen LogP contribution in [0.25, 0.3) is 22.2 Å². The quantitative estimate of drug-likeness (QED) is 0.183. The Morgan fingerprint density at radius 1 is 1.19 bits per heavy atom. The van der Waals surface area contributed by atoms with Crippen molar-refractivity contribution in [3.05, 3.63) is 77.4 Å². The fraction of sp³-hybridized carbons (Fsp3) is 0.355. The zero-order valence-electron chi connectivity index (χ0n) is 23.6. The molecule has 1 aliphatic rings. The molecule has 1 aliphatic heterocycles. The van der Waals surface area contributed by atoms with Crippen LogP contribution in [0, 0.1) is 12.7 Å². The van der Waals surface area contributed by atoms with Crippen LogP contribution >= 0.6 is 11.6 Å². The van der Waals surface area contributed by atoms with E-state index in [1.54, 1.807) is 24.4 Å². The molecule has 5 rings (SSSR count). The molecule has 9 nitrogen and oxygen atoms in total. The van der Waals surface area contributed by atoms with E-state index in [4.69, 9.17) is 16.3 Å². The van der Waals surface area contributed by atoms with Crippen LogP contribution in [-0.2, 0) is 11.3 Å². The number of pyridine rings is 1. The summed E-state index contributed by atoms with van der Waals surface area (Å²) in [5.41, 5.74) is 4.22. The minimum Gasteiger partial charge on any atom is -0.496 e. The lowest BCUT2D eigenvalue weighted by Crippen LogP contribution is -2.56. The second-order valence-electron chi connectivity index (χ2n) is 10.5. The number of halogens is 2. The van der Waals surface area contributed by atoms with Crippen molar-refractivity contribution >= 4 is 34.3 Å². The zero-order valence-corrected chi connectivity index (χ0v) is 24.4. The SMILES string of the molecule is COc1cccc(F)c1CN1C[C@H](NC(=O)c2ccc3[nH]nc(-c4ccnc(C)c4)c3c2)CC[C@H]1C(=O)NCCCCl.